The predicted octanol–water partition coefficient (Wildman–Crippen LogP) is 2.48. The Bertz CT molecular complexity index is 507. The molecule has 3 N–H and O–H groups in total. The van der Waals surface area contributed by atoms with E-state index in [-0.39, 0.29) is 11.5 Å². The van der Waals surface area contributed by atoms with Gasteiger partial charge in [0.1, 0.15) is 0 Å². The Labute approximate surface area is 137 Å². The first-order valence-corrected chi connectivity index (χ1v) is 8.47. The highest BCUT2D eigenvalue weighted by Gasteiger charge is 2.42. The molecule has 2 atom stereocenters. The van der Waals surface area contributed by atoms with E-state index < -0.39 is 6.41 Å². The van der Waals surface area contributed by atoms with Gasteiger partial charge in [-0.1, -0.05) is 23.7 Å². The van der Waals surface area contributed by atoms with Crippen LogP contribution in [-0.4, -0.2) is 41.7 Å². The minimum atomic E-state index is -0.753. The number of ether oxygens (including phenoxy) is 1. The molecule has 5 heteroatoms. The van der Waals surface area contributed by atoms with Crippen molar-refractivity contribution in [3.63, 3.8) is 0 Å². The van der Waals surface area contributed by atoms with E-state index in [1.165, 1.54) is 5.56 Å². The van der Waals surface area contributed by atoms with Gasteiger partial charge in [0.25, 0.3) is 0 Å². The van der Waals surface area contributed by atoms with Crippen LogP contribution < -0.4 is 5.73 Å². The summed E-state index contributed by atoms with van der Waals surface area (Å²) in [5.74, 6) is 0. The number of aliphatic hydroxyl groups is 1. The SMILES string of the molecule is C[C@H]1COC(O)N1C1CCC(CN)(c2cccc(Cl)c2)CC1. The van der Waals surface area contributed by atoms with Crippen molar-refractivity contribution in [1.29, 1.82) is 0 Å². The molecule has 2 fully saturated rings. The van der Waals surface area contributed by atoms with Gasteiger partial charge >= 0.3 is 0 Å². The summed E-state index contributed by atoms with van der Waals surface area (Å²) in [6, 6.07) is 8.73. The van der Waals surface area contributed by atoms with Crippen LogP contribution in [0.15, 0.2) is 24.3 Å². The Kier molecular flexibility index (Phi) is 4.76. The number of nitrogens with two attached hydrogens (primary N) is 1. The van der Waals surface area contributed by atoms with Crippen molar-refractivity contribution < 1.29 is 9.84 Å². The van der Waals surface area contributed by atoms with Crippen LogP contribution in [-0.2, 0) is 10.2 Å². The molecular weight excluding hydrogens is 300 g/mol. The number of aliphatic hydroxyl groups excluding tert-OH is 1. The van der Waals surface area contributed by atoms with Gasteiger partial charge in [-0.25, -0.2) is 4.90 Å². The second kappa shape index (κ2) is 6.46. The van der Waals surface area contributed by atoms with Gasteiger partial charge in [0.2, 0.25) is 6.41 Å². The number of halogens is 1. The smallest absolute Gasteiger partial charge is 0.216 e. The molecular formula is C17H25ClN2O2. The molecule has 1 saturated carbocycles. The van der Waals surface area contributed by atoms with Crippen molar-refractivity contribution in [2.45, 2.75) is 56.5 Å². The minimum Gasteiger partial charge on any atom is -0.356 e. The predicted molar refractivity (Wildman–Crippen MR) is 87.7 cm³/mol. The van der Waals surface area contributed by atoms with Crippen molar-refractivity contribution in [3.8, 4) is 0 Å². The van der Waals surface area contributed by atoms with Crippen LogP contribution in [0.2, 0.25) is 5.02 Å². The molecule has 1 heterocycles. The average molecular weight is 325 g/mol. The summed E-state index contributed by atoms with van der Waals surface area (Å²) in [5, 5.41) is 10.8. The molecule has 3 rings (SSSR count). The first kappa shape index (κ1) is 16.2. The van der Waals surface area contributed by atoms with Gasteiger partial charge in [0, 0.05) is 29.1 Å². The molecule has 122 valence electrons. The molecule has 2 aliphatic rings. The molecule has 22 heavy (non-hydrogen) atoms. The lowest BCUT2D eigenvalue weighted by Gasteiger charge is -2.43. The maximum absolute atomic E-state index is 10.0. The number of benzene rings is 1. The normalized spacial score (nSPS) is 36.6. The van der Waals surface area contributed by atoms with E-state index in [9.17, 15) is 5.11 Å². The Morgan fingerprint density at radius 3 is 2.68 bits per heavy atom. The molecule has 4 nitrogen and oxygen atoms in total. The molecule has 1 aliphatic heterocycles. The maximum Gasteiger partial charge on any atom is 0.216 e. The molecule has 1 saturated heterocycles. The third-order valence-electron chi connectivity index (χ3n) is 5.41. The standard InChI is InChI=1S/C17H25ClN2O2/c1-12-10-22-16(21)20(12)15-5-7-17(11-19,8-6-15)13-3-2-4-14(18)9-13/h2-4,9,12,15-16,21H,5-8,10-11,19H2,1H3/t12-,15?,16?,17?/m0/s1. The number of hydrogen-bond donors (Lipinski definition) is 2. The van der Waals surface area contributed by atoms with Crippen LogP contribution in [0.1, 0.15) is 38.2 Å². The summed E-state index contributed by atoms with van der Waals surface area (Å²) < 4.78 is 5.35. The summed E-state index contributed by atoms with van der Waals surface area (Å²) in [4.78, 5) is 2.11. The average Bonchev–Trinajstić information content (AvgIpc) is 2.86. The van der Waals surface area contributed by atoms with Gasteiger partial charge in [-0.2, -0.15) is 0 Å². The van der Waals surface area contributed by atoms with Crippen molar-refractivity contribution >= 4 is 11.6 Å². The van der Waals surface area contributed by atoms with Crippen molar-refractivity contribution in [3.05, 3.63) is 34.9 Å². The topological polar surface area (TPSA) is 58.7 Å². The third-order valence-corrected chi connectivity index (χ3v) is 5.65. The quantitative estimate of drug-likeness (QED) is 0.897. The van der Waals surface area contributed by atoms with Gasteiger partial charge in [0.05, 0.1) is 6.61 Å². The van der Waals surface area contributed by atoms with Gasteiger partial charge in [-0.3, -0.25) is 0 Å². The summed E-state index contributed by atoms with van der Waals surface area (Å²) in [5.41, 5.74) is 7.40. The van der Waals surface area contributed by atoms with E-state index in [0.717, 1.165) is 30.7 Å². The molecule has 0 amide bonds. The lowest BCUT2D eigenvalue weighted by atomic mass is 9.68. The fourth-order valence-electron chi connectivity index (χ4n) is 4.04. The molecule has 0 radical (unpaired) electrons. The summed E-state index contributed by atoms with van der Waals surface area (Å²) in [7, 11) is 0. The van der Waals surface area contributed by atoms with Crippen LogP contribution in [0, 0.1) is 0 Å². The molecule has 1 unspecified atom stereocenters. The fraction of sp³-hybridized carbons (Fsp3) is 0.647. The van der Waals surface area contributed by atoms with Crippen LogP contribution in [0.3, 0.4) is 0 Å². The first-order valence-electron chi connectivity index (χ1n) is 8.09. The zero-order chi connectivity index (χ0) is 15.7. The minimum absolute atomic E-state index is 0.0101. The Morgan fingerprint density at radius 2 is 2.14 bits per heavy atom. The first-order chi connectivity index (χ1) is 10.6. The van der Waals surface area contributed by atoms with Gasteiger partial charge in [-0.15, -0.1) is 0 Å². The number of hydrogen-bond acceptors (Lipinski definition) is 4. The zero-order valence-corrected chi connectivity index (χ0v) is 13.8. The lowest BCUT2D eigenvalue weighted by Crippen LogP contribution is -2.49. The van der Waals surface area contributed by atoms with Crippen molar-refractivity contribution in [2.75, 3.05) is 13.2 Å². The number of nitrogens with zero attached hydrogens (tertiary/aromatic N) is 1. The van der Waals surface area contributed by atoms with Gasteiger partial charge in [-0.05, 0) is 50.3 Å². The lowest BCUT2D eigenvalue weighted by molar-refractivity contribution is -0.153. The van der Waals surface area contributed by atoms with E-state index >= 15 is 0 Å². The molecule has 1 aromatic carbocycles. The fourth-order valence-corrected chi connectivity index (χ4v) is 4.23. The number of rotatable bonds is 3. The van der Waals surface area contributed by atoms with Gasteiger partial charge in [0.15, 0.2) is 0 Å². The largest absolute Gasteiger partial charge is 0.356 e. The Hall–Kier alpha value is -0.650. The monoisotopic (exact) mass is 324 g/mol. The van der Waals surface area contributed by atoms with Crippen LogP contribution >= 0.6 is 11.6 Å². The molecule has 0 spiro atoms. The molecule has 1 aliphatic carbocycles. The summed E-state index contributed by atoms with van der Waals surface area (Å²) in [6.07, 6.45) is 3.33. The molecule has 1 aromatic rings. The van der Waals surface area contributed by atoms with E-state index in [0.29, 0.717) is 19.2 Å². The molecule has 0 aromatic heterocycles. The second-order valence-electron chi connectivity index (χ2n) is 6.68. The van der Waals surface area contributed by atoms with Crippen molar-refractivity contribution in [1.82, 2.24) is 4.90 Å². The summed E-state index contributed by atoms with van der Waals surface area (Å²) in [6.45, 7) is 3.35. The van der Waals surface area contributed by atoms with Crippen molar-refractivity contribution in [2.24, 2.45) is 5.73 Å². The third kappa shape index (κ3) is 2.91. The van der Waals surface area contributed by atoms with E-state index in [2.05, 4.69) is 17.9 Å². The molecule has 0 bridgehead atoms. The van der Waals surface area contributed by atoms with Crippen LogP contribution in [0.4, 0.5) is 0 Å². The van der Waals surface area contributed by atoms with E-state index in [1.807, 2.05) is 18.2 Å². The highest BCUT2D eigenvalue weighted by Crippen LogP contribution is 2.42. The highest BCUT2D eigenvalue weighted by molar-refractivity contribution is 6.30. The van der Waals surface area contributed by atoms with Crippen LogP contribution in [0.5, 0.6) is 0 Å². The summed E-state index contributed by atoms with van der Waals surface area (Å²) >= 11 is 6.15. The van der Waals surface area contributed by atoms with E-state index in [1.54, 1.807) is 0 Å². The second-order valence-corrected chi connectivity index (χ2v) is 7.12. The zero-order valence-electron chi connectivity index (χ0n) is 13.0. The highest BCUT2D eigenvalue weighted by atomic mass is 35.5. The van der Waals surface area contributed by atoms with Gasteiger partial charge < -0.3 is 15.6 Å². The Morgan fingerprint density at radius 1 is 1.41 bits per heavy atom. The van der Waals surface area contributed by atoms with Crippen LogP contribution in [0.25, 0.3) is 0 Å². The Balaban J connectivity index is 1.74. The van der Waals surface area contributed by atoms with E-state index in [4.69, 9.17) is 22.1 Å². The maximum atomic E-state index is 10.0.